The molecule has 2 heterocycles. The summed E-state index contributed by atoms with van der Waals surface area (Å²) in [4.78, 5) is 10.1. The van der Waals surface area contributed by atoms with Gasteiger partial charge in [0.2, 0.25) is 0 Å². The van der Waals surface area contributed by atoms with Crippen molar-refractivity contribution in [1.29, 1.82) is 0 Å². The Labute approximate surface area is 266 Å². The summed E-state index contributed by atoms with van der Waals surface area (Å²) in [5.74, 6) is 1.88. The Balaban J connectivity index is 1.08. The standard InChI is InChI=1S/C42H28N4/c1-3-11-35(12-4-1)45-39-17-9-7-15-37(39)43-41(45)30-21-19-29(20-22-30)31-23-24-33-28-34(26-25-32(33)27-31)42-44-38-16-8-10-18-40(38)46(42)36-13-5-2-6-14-36/h1-28H. The Kier molecular flexibility index (Phi) is 6.10. The first-order valence-electron chi connectivity index (χ1n) is 15.5. The molecule has 0 spiro atoms. The molecule has 46 heavy (non-hydrogen) atoms. The molecule has 0 atom stereocenters. The van der Waals surface area contributed by atoms with Crippen molar-refractivity contribution in [3.63, 3.8) is 0 Å². The summed E-state index contributed by atoms with van der Waals surface area (Å²) < 4.78 is 4.49. The minimum absolute atomic E-state index is 0.937. The maximum Gasteiger partial charge on any atom is 0.145 e. The largest absolute Gasteiger partial charge is 0.292 e. The van der Waals surface area contributed by atoms with Gasteiger partial charge < -0.3 is 0 Å². The first-order chi connectivity index (χ1) is 22.8. The number of aromatic nitrogens is 4. The van der Waals surface area contributed by atoms with E-state index >= 15 is 0 Å². The zero-order chi connectivity index (χ0) is 30.5. The molecular weight excluding hydrogens is 560 g/mol. The molecule has 0 aliphatic carbocycles. The van der Waals surface area contributed by atoms with E-state index in [4.69, 9.17) is 9.97 Å². The van der Waals surface area contributed by atoms with Crippen LogP contribution in [0.2, 0.25) is 0 Å². The van der Waals surface area contributed by atoms with Gasteiger partial charge in [-0.15, -0.1) is 0 Å². The lowest BCUT2D eigenvalue weighted by molar-refractivity contribution is 1.10. The second-order valence-electron chi connectivity index (χ2n) is 11.5. The number of para-hydroxylation sites is 6. The third-order valence-electron chi connectivity index (χ3n) is 8.73. The molecule has 2 aromatic heterocycles. The molecule has 7 aromatic carbocycles. The Morgan fingerprint density at radius 3 is 1.30 bits per heavy atom. The Bertz CT molecular complexity index is 2510. The van der Waals surface area contributed by atoms with E-state index in [-0.39, 0.29) is 0 Å². The predicted octanol–water partition coefficient (Wildman–Crippen LogP) is 10.5. The molecule has 0 amide bonds. The number of hydrogen-bond donors (Lipinski definition) is 0. The number of benzene rings is 7. The summed E-state index contributed by atoms with van der Waals surface area (Å²) in [7, 11) is 0. The third kappa shape index (κ3) is 4.39. The average molecular weight is 589 g/mol. The quantitative estimate of drug-likeness (QED) is 0.200. The molecule has 4 heteroatoms. The summed E-state index contributed by atoms with van der Waals surface area (Å²) in [6.07, 6.45) is 0. The molecule has 0 fully saturated rings. The lowest BCUT2D eigenvalue weighted by Crippen LogP contribution is -1.97. The summed E-state index contributed by atoms with van der Waals surface area (Å²) >= 11 is 0. The van der Waals surface area contributed by atoms with E-state index in [0.717, 1.165) is 56.2 Å². The topological polar surface area (TPSA) is 35.6 Å². The van der Waals surface area contributed by atoms with Crippen molar-refractivity contribution >= 4 is 32.8 Å². The van der Waals surface area contributed by atoms with Gasteiger partial charge >= 0.3 is 0 Å². The van der Waals surface area contributed by atoms with Gasteiger partial charge in [0.05, 0.1) is 22.1 Å². The zero-order valence-electron chi connectivity index (χ0n) is 25.0. The maximum atomic E-state index is 5.06. The monoisotopic (exact) mass is 588 g/mol. The molecule has 216 valence electrons. The minimum atomic E-state index is 0.937. The van der Waals surface area contributed by atoms with Crippen LogP contribution >= 0.6 is 0 Å². The van der Waals surface area contributed by atoms with Crippen molar-refractivity contribution < 1.29 is 0 Å². The number of nitrogens with zero attached hydrogens (tertiary/aromatic N) is 4. The van der Waals surface area contributed by atoms with Gasteiger partial charge in [-0.05, 0) is 82.6 Å². The first-order valence-corrected chi connectivity index (χ1v) is 15.5. The van der Waals surface area contributed by atoms with Gasteiger partial charge in [0.25, 0.3) is 0 Å². The van der Waals surface area contributed by atoms with Crippen LogP contribution in [0.3, 0.4) is 0 Å². The number of hydrogen-bond acceptors (Lipinski definition) is 2. The van der Waals surface area contributed by atoms with E-state index in [9.17, 15) is 0 Å². The summed E-state index contributed by atoms with van der Waals surface area (Å²) in [5.41, 5.74) is 10.9. The van der Waals surface area contributed by atoms with E-state index in [1.54, 1.807) is 0 Å². The molecule has 0 saturated carbocycles. The van der Waals surface area contributed by atoms with Crippen molar-refractivity contribution in [2.45, 2.75) is 0 Å². The predicted molar refractivity (Wildman–Crippen MR) is 190 cm³/mol. The van der Waals surface area contributed by atoms with Crippen molar-refractivity contribution in [1.82, 2.24) is 19.1 Å². The lowest BCUT2D eigenvalue weighted by atomic mass is 9.99. The normalized spacial score (nSPS) is 11.5. The molecule has 0 bridgehead atoms. The van der Waals surface area contributed by atoms with E-state index in [1.165, 1.54) is 21.9 Å². The Morgan fingerprint density at radius 1 is 0.326 bits per heavy atom. The van der Waals surface area contributed by atoms with Crippen molar-refractivity contribution in [2.75, 3.05) is 0 Å². The van der Waals surface area contributed by atoms with Crippen LogP contribution in [-0.2, 0) is 0 Å². The molecular formula is C42H28N4. The molecule has 0 unspecified atom stereocenters. The van der Waals surface area contributed by atoms with Crippen LogP contribution in [0.1, 0.15) is 0 Å². The van der Waals surface area contributed by atoms with Gasteiger partial charge in [0.15, 0.2) is 0 Å². The van der Waals surface area contributed by atoms with Crippen molar-refractivity contribution in [3.05, 3.63) is 170 Å². The van der Waals surface area contributed by atoms with Crippen LogP contribution in [0.15, 0.2) is 170 Å². The molecule has 9 aromatic rings. The van der Waals surface area contributed by atoms with E-state index in [1.807, 2.05) is 24.3 Å². The summed E-state index contributed by atoms with van der Waals surface area (Å²) in [5, 5.41) is 2.37. The van der Waals surface area contributed by atoms with E-state index in [2.05, 4.69) is 155 Å². The zero-order valence-corrected chi connectivity index (χ0v) is 25.0. The molecule has 0 aliphatic heterocycles. The highest BCUT2D eigenvalue weighted by atomic mass is 15.1. The highest BCUT2D eigenvalue weighted by Crippen LogP contribution is 2.34. The van der Waals surface area contributed by atoms with Crippen molar-refractivity contribution in [2.24, 2.45) is 0 Å². The van der Waals surface area contributed by atoms with Gasteiger partial charge in [0.1, 0.15) is 11.6 Å². The second-order valence-corrected chi connectivity index (χ2v) is 11.5. The van der Waals surface area contributed by atoms with Gasteiger partial charge in [-0.25, -0.2) is 9.97 Å². The SMILES string of the molecule is c1ccc(-n2c(-c3ccc(-c4ccc5cc(-c6nc7ccccc7n6-c6ccccc6)ccc5c4)cc3)nc3ccccc32)cc1. The lowest BCUT2D eigenvalue weighted by Gasteiger charge is -2.11. The number of fused-ring (bicyclic) bond motifs is 3. The molecule has 0 aliphatic rings. The van der Waals surface area contributed by atoms with Crippen LogP contribution in [0, 0.1) is 0 Å². The van der Waals surface area contributed by atoms with E-state index < -0.39 is 0 Å². The fourth-order valence-electron chi connectivity index (χ4n) is 6.49. The van der Waals surface area contributed by atoms with Gasteiger partial charge in [-0.1, -0.05) is 109 Å². The van der Waals surface area contributed by atoms with Crippen LogP contribution in [0.4, 0.5) is 0 Å². The Morgan fingerprint density at radius 2 is 0.739 bits per heavy atom. The Hall–Kier alpha value is -6.26. The molecule has 0 N–H and O–H groups in total. The van der Waals surface area contributed by atoms with Gasteiger partial charge in [-0.2, -0.15) is 0 Å². The molecule has 9 rings (SSSR count). The maximum absolute atomic E-state index is 5.06. The molecule has 0 radical (unpaired) electrons. The highest BCUT2D eigenvalue weighted by molar-refractivity contribution is 5.92. The van der Waals surface area contributed by atoms with E-state index in [0.29, 0.717) is 0 Å². The van der Waals surface area contributed by atoms with Gasteiger partial charge in [-0.3, -0.25) is 9.13 Å². The average Bonchev–Trinajstić information content (AvgIpc) is 3.71. The number of rotatable bonds is 5. The minimum Gasteiger partial charge on any atom is -0.292 e. The van der Waals surface area contributed by atoms with Crippen LogP contribution in [-0.4, -0.2) is 19.1 Å². The van der Waals surface area contributed by atoms with Crippen LogP contribution < -0.4 is 0 Å². The third-order valence-corrected chi connectivity index (χ3v) is 8.73. The van der Waals surface area contributed by atoms with Crippen LogP contribution in [0.5, 0.6) is 0 Å². The summed E-state index contributed by atoms with van der Waals surface area (Å²) in [6.45, 7) is 0. The fraction of sp³-hybridized carbons (Fsp3) is 0. The molecule has 4 nitrogen and oxygen atoms in total. The highest BCUT2D eigenvalue weighted by Gasteiger charge is 2.16. The van der Waals surface area contributed by atoms with Gasteiger partial charge in [0, 0.05) is 22.5 Å². The smallest absolute Gasteiger partial charge is 0.145 e. The van der Waals surface area contributed by atoms with Crippen LogP contribution in [0.25, 0.3) is 78.1 Å². The fourth-order valence-corrected chi connectivity index (χ4v) is 6.49. The first kappa shape index (κ1) is 26.2. The summed E-state index contributed by atoms with van der Waals surface area (Å²) in [6, 6.07) is 59.6. The molecule has 0 saturated heterocycles. The second kappa shape index (κ2) is 10.7. The van der Waals surface area contributed by atoms with Crippen molar-refractivity contribution in [3.8, 4) is 45.3 Å². The number of imidazole rings is 2.